The van der Waals surface area contributed by atoms with Crippen LogP contribution < -0.4 is 0 Å². The van der Waals surface area contributed by atoms with Crippen LogP contribution in [-0.2, 0) is 0 Å². The van der Waals surface area contributed by atoms with Crippen LogP contribution in [0.3, 0.4) is 0 Å². The lowest BCUT2D eigenvalue weighted by atomic mass is 10.0. The van der Waals surface area contributed by atoms with Gasteiger partial charge in [-0.25, -0.2) is 4.98 Å². The minimum atomic E-state index is 0.963. The minimum absolute atomic E-state index is 0.963. The molecule has 0 amide bonds. The highest BCUT2D eigenvalue weighted by atomic mass is 15.1. The molecule has 6 aromatic rings. The second-order valence-electron chi connectivity index (χ2n) is 9.74. The molecule has 172 valence electrons. The summed E-state index contributed by atoms with van der Waals surface area (Å²) >= 11 is 0. The van der Waals surface area contributed by atoms with E-state index < -0.39 is 0 Å². The summed E-state index contributed by atoms with van der Waals surface area (Å²) in [6.45, 7) is 10.9. The Morgan fingerprint density at radius 3 is 2.11 bits per heavy atom. The number of fused-ring (bicyclic) bond motifs is 3. The molecule has 3 nitrogen and oxygen atoms in total. The number of rotatable bonds is 3. The topological polar surface area (TPSA) is 22.8 Å². The first-order valence-electron chi connectivity index (χ1n) is 12.1. The van der Waals surface area contributed by atoms with Gasteiger partial charge in [0.1, 0.15) is 5.82 Å². The highest BCUT2D eigenvalue weighted by Gasteiger charge is 2.17. The van der Waals surface area contributed by atoms with E-state index in [1.54, 1.807) is 0 Å². The van der Waals surface area contributed by atoms with Crippen molar-refractivity contribution in [3.63, 3.8) is 0 Å². The first kappa shape index (κ1) is 21.4. The molecule has 0 aliphatic heterocycles. The van der Waals surface area contributed by atoms with Crippen LogP contribution in [-0.4, -0.2) is 14.1 Å². The predicted octanol–water partition coefficient (Wildman–Crippen LogP) is 8.18. The fourth-order valence-corrected chi connectivity index (χ4v) is 5.68. The zero-order valence-corrected chi connectivity index (χ0v) is 20.9. The molecule has 0 spiro atoms. The van der Waals surface area contributed by atoms with Crippen molar-refractivity contribution in [3.8, 4) is 22.8 Å². The average Bonchev–Trinajstić information content (AvgIpc) is 3.41. The van der Waals surface area contributed by atoms with Crippen molar-refractivity contribution in [2.24, 2.45) is 0 Å². The molecule has 4 aromatic carbocycles. The molecule has 0 saturated carbocycles. The summed E-state index contributed by atoms with van der Waals surface area (Å²) in [5.74, 6) is 0.963. The predicted molar refractivity (Wildman–Crippen MR) is 147 cm³/mol. The molecular weight excluding hydrogens is 426 g/mol. The van der Waals surface area contributed by atoms with Crippen LogP contribution in [0, 0.1) is 34.6 Å². The van der Waals surface area contributed by atoms with Crippen molar-refractivity contribution in [1.29, 1.82) is 0 Å². The Hall–Kier alpha value is -4.11. The summed E-state index contributed by atoms with van der Waals surface area (Å²) in [4.78, 5) is 4.80. The minimum Gasteiger partial charge on any atom is -0.309 e. The lowest BCUT2D eigenvalue weighted by Gasteiger charge is -2.15. The zero-order valence-electron chi connectivity index (χ0n) is 20.9. The first-order chi connectivity index (χ1) is 16.9. The average molecular weight is 456 g/mol. The third-order valence-corrected chi connectivity index (χ3v) is 7.04. The Morgan fingerprint density at radius 2 is 1.34 bits per heavy atom. The Bertz CT molecular complexity index is 1720. The van der Waals surface area contributed by atoms with Crippen LogP contribution in [0.15, 0.2) is 85.2 Å². The van der Waals surface area contributed by atoms with E-state index in [4.69, 9.17) is 4.98 Å². The monoisotopic (exact) mass is 455 g/mol. The maximum atomic E-state index is 4.80. The van der Waals surface area contributed by atoms with E-state index in [-0.39, 0.29) is 0 Å². The van der Waals surface area contributed by atoms with Gasteiger partial charge in [-0.3, -0.25) is 4.57 Å². The third kappa shape index (κ3) is 3.38. The maximum Gasteiger partial charge on any atom is 0.144 e. The number of para-hydroxylation sites is 1. The van der Waals surface area contributed by atoms with E-state index in [0.29, 0.717) is 0 Å². The maximum absolute atomic E-state index is 4.80. The van der Waals surface area contributed by atoms with Gasteiger partial charge >= 0.3 is 0 Å². The SMILES string of the molecule is Cc1ccc(-n2c3ccccc3c3cc(-c4nccn4-c4c(C)cc(C)cc4C)ccc32)c(C)c1. The molecule has 0 aliphatic rings. The fraction of sp³-hybridized carbons (Fsp3) is 0.156. The van der Waals surface area contributed by atoms with Crippen molar-refractivity contribution in [2.45, 2.75) is 34.6 Å². The van der Waals surface area contributed by atoms with E-state index in [1.807, 2.05) is 6.20 Å². The lowest BCUT2D eigenvalue weighted by molar-refractivity contribution is 1.03. The van der Waals surface area contributed by atoms with Crippen LogP contribution >= 0.6 is 0 Å². The van der Waals surface area contributed by atoms with Crippen LogP contribution in [0.25, 0.3) is 44.6 Å². The molecule has 35 heavy (non-hydrogen) atoms. The van der Waals surface area contributed by atoms with Crippen molar-refractivity contribution in [2.75, 3.05) is 0 Å². The summed E-state index contributed by atoms with van der Waals surface area (Å²) in [6.07, 6.45) is 3.97. The number of aryl methyl sites for hydroxylation is 5. The molecule has 2 heterocycles. The van der Waals surface area contributed by atoms with Gasteiger partial charge in [-0.2, -0.15) is 0 Å². The number of hydrogen-bond donors (Lipinski definition) is 0. The Morgan fingerprint density at radius 1 is 0.629 bits per heavy atom. The third-order valence-electron chi connectivity index (χ3n) is 7.04. The van der Waals surface area contributed by atoms with Crippen LogP contribution in [0.2, 0.25) is 0 Å². The molecule has 0 saturated heterocycles. The standard InChI is InChI=1S/C32H29N3/c1-20-10-12-28(22(3)16-20)35-29-9-7-6-8-26(29)27-19-25(11-13-30(27)35)32-33-14-15-34(32)31-23(4)17-21(2)18-24(31)5/h6-19H,1-5H3. The normalized spacial score (nSPS) is 11.6. The molecule has 3 heteroatoms. The largest absolute Gasteiger partial charge is 0.309 e. The molecule has 0 radical (unpaired) electrons. The van der Waals surface area contributed by atoms with Crippen LogP contribution in [0.5, 0.6) is 0 Å². The Kier molecular flexibility index (Phi) is 4.89. The first-order valence-corrected chi connectivity index (χ1v) is 12.1. The summed E-state index contributed by atoms with van der Waals surface area (Å²) < 4.78 is 4.62. The van der Waals surface area contributed by atoms with Gasteiger partial charge in [0.2, 0.25) is 0 Å². The van der Waals surface area contributed by atoms with Crippen molar-refractivity contribution < 1.29 is 0 Å². The van der Waals surface area contributed by atoms with Gasteiger partial charge in [0.25, 0.3) is 0 Å². The number of aromatic nitrogens is 3. The molecule has 0 unspecified atom stereocenters. The number of benzene rings is 4. The van der Waals surface area contributed by atoms with Gasteiger partial charge in [0.15, 0.2) is 0 Å². The summed E-state index contributed by atoms with van der Waals surface area (Å²) in [5, 5.41) is 2.50. The molecule has 0 atom stereocenters. The van der Waals surface area contributed by atoms with Gasteiger partial charge < -0.3 is 4.57 Å². The summed E-state index contributed by atoms with van der Waals surface area (Å²) in [5.41, 5.74) is 12.3. The number of hydrogen-bond acceptors (Lipinski definition) is 1. The Labute approximate surface area is 206 Å². The molecule has 0 aliphatic carbocycles. The van der Waals surface area contributed by atoms with Gasteiger partial charge in [0.05, 0.1) is 16.7 Å². The van der Waals surface area contributed by atoms with Crippen molar-refractivity contribution in [3.05, 3.63) is 113 Å². The number of nitrogens with zero attached hydrogens (tertiary/aromatic N) is 3. The van der Waals surface area contributed by atoms with E-state index in [9.17, 15) is 0 Å². The number of imidazole rings is 1. The van der Waals surface area contributed by atoms with Crippen LogP contribution in [0.1, 0.15) is 27.8 Å². The molecule has 0 fully saturated rings. The van der Waals surface area contributed by atoms with Crippen molar-refractivity contribution in [1.82, 2.24) is 14.1 Å². The van der Waals surface area contributed by atoms with Gasteiger partial charge in [0, 0.05) is 34.4 Å². The second kappa shape index (κ2) is 7.99. The molecule has 2 aromatic heterocycles. The summed E-state index contributed by atoms with van der Waals surface area (Å²) in [6, 6.07) is 26.6. The van der Waals surface area contributed by atoms with Crippen LogP contribution in [0.4, 0.5) is 0 Å². The molecular formula is C32H29N3. The van der Waals surface area contributed by atoms with Crippen molar-refractivity contribution >= 4 is 21.8 Å². The quantitative estimate of drug-likeness (QED) is 0.264. The van der Waals surface area contributed by atoms with Gasteiger partial charge in [-0.05, 0) is 81.6 Å². The van der Waals surface area contributed by atoms with E-state index in [0.717, 1.165) is 11.4 Å². The molecule has 0 bridgehead atoms. The smallest absolute Gasteiger partial charge is 0.144 e. The van der Waals surface area contributed by atoms with E-state index in [1.165, 1.54) is 61.0 Å². The Balaban J connectivity index is 1.60. The fourth-order valence-electron chi connectivity index (χ4n) is 5.68. The van der Waals surface area contributed by atoms with E-state index >= 15 is 0 Å². The highest BCUT2D eigenvalue weighted by molar-refractivity contribution is 6.10. The van der Waals surface area contributed by atoms with Gasteiger partial charge in [-0.1, -0.05) is 53.6 Å². The van der Waals surface area contributed by atoms with Gasteiger partial charge in [-0.15, -0.1) is 0 Å². The lowest BCUT2D eigenvalue weighted by Crippen LogP contribution is -2.02. The summed E-state index contributed by atoms with van der Waals surface area (Å²) in [7, 11) is 0. The zero-order chi connectivity index (χ0) is 24.3. The molecule has 0 N–H and O–H groups in total. The molecule has 6 rings (SSSR count). The highest BCUT2D eigenvalue weighted by Crippen LogP contribution is 2.36. The second-order valence-corrected chi connectivity index (χ2v) is 9.74. The van der Waals surface area contributed by atoms with E-state index in [2.05, 4.69) is 123 Å².